The van der Waals surface area contributed by atoms with Gasteiger partial charge in [0, 0.05) is 12.0 Å². The molecule has 1 aliphatic heterocycles. The van der Waals surface area contributed by atoms with Crippen LogP contribution in [0.3, 0.4) is 0 Å². The molecule has 0 saturated heterocycles. The second-order valence-corrected chi connectivity index (χ2v) is 6.32. The lowest BCUT2D eigenvalue weighted by Crippen LogP contribution is -2.45. The first kappa shape index (κ1) is 16.1. The Kier molecular flexibility index (Phi) is 4.04. The van der Waals surface area contributed by atoms with Crippen LogP contribution >= 0.6 is 0 Å². The van der Waals surface area contributed by atoms with Crippen LogP contribution in [-0.2, 0) is 16.0 Å². The van der Waals surface area contributed by atoms with E-state index in [1.54, 1.807) is 32.9 Å². The Balaban J connectivity index is 2.52. The van der Waals surface area contributed by atoms with Gasteiger partial charge in [-0.3, -0.25) is 4.90 Å². The van der Waals surface area contributed by atoms with Crippen molar-refractivity contribution in [2.45, 2.75) is 45.8 Å². The topological polar surface area (TPSA) is 76.1 Å². The molecule has 1 heterocycles. The lowest BCUT2D eigenvalue weighted by Gasteiger charge is -2.28. The van der Waals surface area contributed by atoms with E-state index in [0.717, 1.165) is 11.1 Å². The number of carboxylic acid groups (broad SMARTS) is 1. The minimum atomic E-state index is -1.07. The normalized spacial score (nSPS) is 17.1. The second-order valence-electron chi connectivity index (χ2n) is 6.32. The summed E-state index contributed by atoms with van der Waals surface area (Å²) in [7, 11) is 1.52. The molecule has 1 amide bonds. The minimum absolute atomic E-state index is 0.203. The van der Waals surface area contributed by atoms with Crippen LogP contribution in [-0.4, -0.2) is 35.9 Å². The zero-order chi connectivity index (χ0) is 16.7. The molecule has 22 heavy (non-hydrogen) atoms. The van der Waals surface area contributed by atoms with Crippen molar-refractivity contribution in [2.24, 2.45) is 0 Å². The molecule has 1 unspecified atom stereocenters. The summed E-state index contributed by atoms with van der Waals surface area (Å²) in [6, 6.07) is 2.60. The van der Waals surface area contributed by atoms with Gasteiger partial charge in [0.1, 0.15) is 17.4 Å². The van der Waals surface area contributed by atoms with Gasteiger partial charge in [-0.15, -0.1) is 0 Å². The van der Waals surface area contributed by atoms with Crippen molar-refractivity contribution < 1.29 is 24.2 Å². The van der Waals surface area contributed by atoms with Crippen LogP contribution in [0.25, 0.3) is 0 Å². The standard InChI is InChI=1S/C16H21NO5/c1-9-6-7-12(21-5)10-8-11(14(18)19)17(13(9)10)15(20)22-16(2,3)4/h6-7,11H,8H2,1-5H3,(H,18,19). The Morgan fingerprint density at radius 3 is 2.45 bits per heavy atom. The summed E-state index contributed by atoms with van der Waals surface area (Å²) in [6.45, 7) is 7.07. The van der Waals surface area contributed by atoms with Gasteiger partial charge in [-0.1, -0.05) is 6.07 Å². The number of rotatable bonds is 2. The summed E-state index contributed by atoms with van der Waals surface area (Å²) in [5.41, 5.74) is 1.41. The molecule has 6 nitrogen and oxygen atoms in total. The molecule has 0 fully saturated rings. The third-order valence-corrected chi connectivity index (χ3v) is 3.49. The lowest BCUT2D eigenvalue weighted by molar-refractivity contribution is -0.138. The second kappa shape index (κ2) is 5.51. The van der Waals surface area contributed by atoms with Crippen LogP contribution in [0.1, 0.15) is 31.9 Å². The van der Waals surface area contributed by atoms with E-state index in [0.29, 0.717) is 11.4 Å². The zero-order valence-corrected chi connectivity index (χ0v) is 13.5. The van der Waals surface area contributed by atoms with Crippen molar-refractivity contribution >= 4 is 17.7 Å². The van der Waals surface area contributed by atoms with E-state index < -0.39 is 23.7 Å². The highest BCUT2D eigenvalue weighted by atomic mass is 16.6. The SMILES string of the molecule is COc1ccc(C)c2c1CC(C(=O)O)N2C(=O)OC(C)(C)C. The fraction of sp³-hybridized carbons (Fsp3) is 0.500. The number of carbonyl (C=O) groups excluding carboxylic acids is 1. The Labute approximate surface area is 129 Å². The van der Waals surface area contributed by atoms with E-state index >= 15 is 0 Å². The molecule has 2 rings (SSSR count). The summed E-state index contributed by atoms with van der Waals surface area (Å²) in [5.74, 6) is -0.485. The molecule has 0 spiro atoms. The van der Waals surface area contributed by atoms with Gasteiger partial charge in [0.2, 0.25) is 0 Å². The fourth-order valence-electron chi connectivity index (χ4n) is 2.63. The third-order valence-electron chi connectivity index (χ3n) is 3.49. The molecule has 1 aromatic carbocycles. The van der Waals surface area contributed by atoms with Crippen molar-refractivity contribution in [3.8, 4) is 5.75 Å². The molecule has 0 aromatic heterocycles. The van der Waals surface area contributed by atoms with Gasteiger partial charge in [-0.25, -0.2) is 9.59 Å². The number of hydrogen-bond donors (Lipinski definition) is 1. The average Bonchev–Trinajstić information content (AvgIpc) is 2.78. The molecule has 120 valence electrons. The Morgan fingerprint density at radius 1 is 1.32 bits per heavy atom. The van der Waals surface area contributed by atoms with Gasteiger partial charge < -0.3 is 14.6 Å². The van der Waals surface area contributed by atoms with E-state index in [-0.39, 0.29) is 6.42 Å². The van der Waals surface area contributed by atoms with E-state index in [9.17, 15) is 14.7 Å². The number of carboxylic acids is 1. The maximum Gasteiger partial charge on any atom is 0.415 e. The highest BCUT2D eigenvalue weighted by molar-refractivity contribution is 6.00. The maximum absolute atomic E-state index is 12.5. The van der Waals surface area contributed by atoms with E-state index in [4.69, 9.17) is 9.47 Å². The molecule has 0 saturated carbocycles. The molecule has 0 aliphatic carbocycles. The molecular weight excluding hydrogens is 286 g/mol. The largest absolute Gasteiger partial charge is 0.496 e. The summed E-state index contributed by atoms with van der Waals surface area (Å²) in [4.78, 5) is 25.3. The highest BCUT2D eigenvalue weighted by Gasteiger charge is 2.42. The number of fused-ring (bicyclic) bond motifs is 1. The number of hydrogen-bond acceptors (Lipinski definition) is 4. The third kappa shape index (κ3) is 2.86. The summed E-state index contributed by atoms with van der Waals surface area (Å²) in [5, 5.41) is 9.47. The van der Waals surface area contributed by atoms with Crippen LogP contribution in [0.2, 0.25) is 0 Å². The highest BCUT2D eigenvalue weighted by Crippen LogP contribution is 2.41. The molecule has 1 N–H and O–H groups in total. The zero-order valence-electron chi connectivity index (χ0n) is 13.5. The Bertz CT molecular complexity index is 618. The number of amides is 1. The summed E-state index contributed by atoms with van der Waals surface area (Å²) in [6.07, 6.45) is -0.454. The Hall–Kier alpha value is -2.24. The number of nitrogens with zero attached hydrogens (tertiary/aromatic N) is 1. The van der Waals surface area contributed by atoms with E-state index in [1.807, 2.05) is 6.92 Å². The van der Waals surface area contributed by atoms with Crippen LogP contribution in [0, 0.1) is 6.92 Å². The van der Waals surface area contributed by atoms with Crippen molar-refractivity contribution in [1.29, 1.82) is 0 Å². The maximum atomic E-state index is 12.5. The first-order valence-electron chi connectivity index (χ1n) is 7.07. The average molecular weight is 307 g/mol. The summed E-state index contributed by atoms with van der Waals surface area (Å²) >= 11 is 0. The van der Waals surface area contributed by atoms with Crippen LogP contribution in [0.5, 0.6) is 5.75 Å². The number of aliphatic carboxylic acids is 1. The van der Waals surface area contributed by atoms with Crippen molar-refractivity contribution in [2.75, 3.05) is 12.0 Å². The van der Waals surface area contributed by atoms with Gasteiger partial charge in [0.05, 0.1) is 12.8 Å². The first-order chi connectivity index (χ1) is 10.2. The number of ether oxygens (including phenoxy) is 2. The van der Waals surface area contributed by atoms with Gasteiger partial charge in [0.25, 0.3) is 0 Å². The lowest BCUT2D eigenvalue weighted by atomic mass is 10.1. The van der Waals surface area contributed by atoms with Crippen molar-refractivity contribution in [3.63, 3.8) is 0 Å². The number of aryl methyl sites for hydroxylation is 1. The fourth-order valence-corrected chi connectivity index (χ4v) is 2.63. The van der Waals surface area contributed by atoms with Gasteiger partial charge >= 0.3 is 12.1 Å². The van der Waals surface area contributed by atoms with E-state index in [1.165, 1.54) is 12.0 Å². The van der Waals surface area contributed by atoms with Gasteiger partial charge in [-0.2, -0.15) is 0 Å². The van der Waals surface area contributed by atoms with Crippen molar-refractivity contribution in [3.05, 3.63) is 23.3 Å². The number of carbonyl (C=O) groups is 2. The molecule has 0 radical (unpaired) electrons. The predicted molar refractivity (Wildman–Crippen MR) is 81.6 cm³/mol. The monoisotopic (exact) mass is 307 g/mol. The van der Waals surface area contributed by atoms with Crippen LogP contribution in [0.4, 0.5) is 10.5 Å². The molecule has 1 aromatic rings. The molecule has 0 bridgehead atoms. The number of anilines is 1. The Morgan fingerprint density at radius 2 is 1.95 bits per heavy atom. The van der Waals surface area contributed by atoms with Gasteiger partial charge in [-0.05, 0) is 39.3 Å². The molecule has 1 atom stereocenters. The summed E-state index contributed by atoms with van der Waals surface area (Å²) < 4.78 is 10.7. The smallest absolute Gasteiger partial charge is 0.415 e. The van der Waals surface area contributed by atoms with E-state index in [2.05, 4.69) is 0 Å². The number of methoxy groups -OCH3 is 1. The van der Waals surface area contributed by atoms with Crippen molar-refractivity contribution in [1.82, 2.24) is 0 Å². The number of benzene rings is 1. The predicted octanol–water partition coefficient (Wildman–Crippen LogP) is 2.75. The van der Waals surface area contributed by atoms with Crippen LogP contribution < -0.4 is 9.64 Å². The molecular formula is C16H21NO5. The minimum Gasteiger partial charge on any atom is -0.496 e. The quantitative estimate of drug-likeness (QED) is 0.909. The molecule has 6 heteroatoms. The van der Waals surface area contributed by atoms with Crippen LogP contribution in [0.15, 0.2) is 12.1 Å². The first-order valence-corrected chi connectivity index (χ1v) is 7.07. The van der Waals surface area contributed by atoms with Gasteiger partial charge in [0.15, 0.2) is 0 Å². The molecule has 1 aliphatic rings.